The lowest BCUT2D eigenvalue weighted by molar-refractivity contribution is 0.562. The van der Waals surface area contributed by atoms with Crippen molar-refractivity contribution in [3.05, 3.63) is 0 Å². The van der Waals surface area contributed by atoms with Crippen molar-refractivity contribution in [3.63, 3.8) is 0 Å². The smallest absolute Gasteiger partial charge is 0.224 e. The van der Waals surface area contributed by atoms with Crippen LogP contribution in [0, 0.1) is 0 Å². The van der Waals surface area contributed by atoms with E-state index < -0.39 is 11.3 Å². The number of hydrogen-bond donors (Lipinski definition) is 2. The summed E-state index contributed by atoms with van der Waals surface area (Å²) in [7, 11) is 0.573. The van der Waals surface area contributed by atoms with Crippen molar-refractivity contribution in [2.75, 3.05) is 0 Å². The molecule has 5 heteroatoms. The molecule has 1 unspecified atom stereocenters. The molecule has 0 aromatic carbocycles. The molecule has 0 aromatic rings. The molecule has 0 aliphatic heterocycles. The number of nitrogens with one attached hydrogen (secondary N) is 1. The van der Waals surface area contributed by atoms with Gasteiger partial charge in [0.25, 0.3) is 0 Å². The van der Waals surface area contributed by atoms with Crippen molar-refractivity contribution in [3.8, 4) is 0 Å². The highest BCUT2D eigenvalue weighted by Gasteiger charge is 1.72. The lowest BCUT2D eigenvalue weighted by atomic mass is 13.9. The third-order valence-electron chi connectivity index (χ3n) is 0.175. The van der Waals surface area contributed by atoms with Gasteiger partial charge in [0.1, 0.15) is 0 Å². The van der Waals surface area contributed by atoms with Gasteiger partial charge in [-0.2, -0.15) is 0 Å². The molecular weight excluding hydrogens is 106 g/mol. The molecule has 0 saturated carbocycles. The average molecular weight is 111 g/mol. The fourth-order valence-electron chi connectivity index (χ4n) is 0. The lowest BCUT2D eigenvalue weighted by Crippen LogP contribution is -2.09. The average Bonchev–Trinajstić information content (AvgIpc) is 1.38. The van der Waals surface area contributed by atoms with E-state index >= 15 is 0 Å². The second-order valence-corrected chi connectivity index (χ2v) is 2.58. The minimum Gasteiger partial charge on any atom is -0.294 e. The van der Waals surface area contributed by atoms with Gasteiger partial charge in [-0.05, 0) is 0 Å². The van der Waals surface area contributed by atoms with Crippen molar-refractivity contribution in [1.82, 2.24) is 4.39 Å². The molecule has 5 heavy (non-hydrogen) atoms. The summed E-state index contributed by atoms with van der Waals surface area (Å²) in [5.74, 6) is 0. The molecule has 3 nitrogen and oxygen atoms in total. The Balaban J connectivity index is 2.85. The van der Waals surface area contributed by atoms with Crippen LogP contribution in [0.1, 0.15) is 0 Å². The first kappa shape index (κ1) is 5.29. The Morgan fingerprint density at radius 3 is 2.20 bits per heavy atom. The van der Waals surface area contributed by atoms with E-state index in [1.54, 1.807) is 0 Å². The van der Waals surface area contributed by atoms with Gasteiger partial charge < -0.3 is 0 Å². The molecule has 32 valence electrons. The summed E-state index contributed by atoms with van der Waals surface area (Å²) in [6.07, 6.45) is 0. The maximum Gasteiger partial charge on any atom is 0.224 e. The standard InChI is InChI=1S/H5NO2SSi/c2-4(3)1-5/h1H,5H3,(H,2,3). The Kier molecular flexibility index (Phi) is 2.66. The van der Waals surface area contributed by atoms with Gasteiger partial charge in [-0.1, -0.05) is 0 Å². The topological polar surface area (TPSA) is 49.3 Å². The summed E-state index contributed by atoms with van der Waals surface area (Å²) in [5, 5.41) is 0. The molecule has 0 amide bonds. The highest BCUT2D eigenvalue weighted by molar-refractivity contribution is 7.78. The summed E-state index contributed by atoms with van der Waals surface area (Å²) in [6.45, 7) is 0. The molecule has 0 spiro atoms. The first-order valence-electron chi connectivity index (χ1n) is 1.05. The second-order valence-electron chi connectivity index (χ2n) is 0.453. The first-order valence-corrected chi connectivity index (χ1v) is 3.16. The molecule has 1 atom stereocenters. The van der Waals surface area contributed by atoms with Crippen LogP contribution in [-0.2, 0) is 11.3 Å². The van der Waals surface area contributed by atoms with Crippen LogP contribution in [0.4, 0.5) is 0 Å². The van der Waals surface area contributed by atoms with Crippen LogP contribution in [-0.4, -0.2) is 19.2 Å². The molecule has 0 aliphatic rings. The van der Waals surface area contributed by atoms with Crippen LogP contribution in [0.15, 0.2) is 0 Å². The predicted molar refractivity (Wildman–Crippen MR) is 23.8 cm³/mol. The normalized spacial score (nSPS) is 15.4. The SMILES string of the molecule is O=S(O)N[SiH3]. The van der Waals surface area contributed by atoms with Crippen LogP contribution >= 0.6 is 0 Å². The maximum absolute atomic E-state index is 9.40. The quantitative estimate of drug-likeness (QED) is 0.303. The molecule has 0 rings (SSSR count). The summed E-state index contributed by atoms with van der Waals surface area (Å²) >= 11 is -1.76. The molecule has 0 radical (unpaired) electrons. The zero-order valence-corrected chi connectivity index (χ0v) is 5.58. The third-order valence-corrected chi connectivity index (χ3v) is 1.57. The van der Waals surface area contributed by atoms with Crippen LogP contribution < -0.4 is 4.39 Å². The summed E-state index contributed by atoms with van der Waals surface area (Å²) < 4.78 is 19.4. The fraction of sp³-hybridized carbons (Fsp3) is 0. The van der Waals surface area contributed by atoms with Crippen molar-refractivity contribution in [2.24, 2.45) is 0 Å². The molecule has 0 fully saturated rings. The van der Waals surface area contributed by atoms with Gasteiger partial charge in [0.2, 0.25) is 11.3 Å². The van der Waals surface area contributed by atoms with Crippen molar-refractivity contribution < 1.29 is 8.76 Å². The van der Waals surface area contributed by atoms with E-state index in [1.165, 1.54) is 0 Å². The molecule has 0 saturated heterocycles. The summed E-state index contributed by atoms with van der Waals surface area (Å²) in [6, 6.07) is 0. The van der Waals surface area contributed by atoms with Crippen molar-refractivity contribution >= 4 is 21.7 Å². The maximum atomic E-state index is 9.40. The highest BCUT2D eigenvalue weighted by atomic mass is 32.2. The fourth-order valence-corrected chi connectivity index (χ4v) is 0. The van der Waals surface area contributed by atoms with Gasteiger partial charge in [0, 0.05) is 0 Å². The van der Waals surface area contributed by atoms with Gasteiger partial charge in [-0.25, -0.2) is 8.60 Å². The third kappa shape index (κ3) is 4.29. The van der Waals surface area contributed by atoms with Crippen LogP contribution in [0.5, 0.6) is 0 Å². The van der Waals surface area contributed by atoms with E-state index in [1.807, 2.05) is 0 Å². The summed E-state index contributed by atoms with van der Waals surface area (Å²) in [5.41, 5.74) is 0. The molecule has 0 heterocycles. The van der Waals surface area contributed by atoms with Gasteiger partial charge >= 0.3 is 0 Å². The molecule has 0 aromatic heterocycles. The highest BCUT2D eigenvalue weighted by Crippen LogP contribution is 1.46. The van der Waals surface area contributed by atoms with Crippen LogP contribution in [0.25, 0.3) is 0 Å². The number of rotatable bonds is 1. The minimum atomic E-state index is -1.76. The van der Waals surface area contributed by atoms with Gasteiger partial charge in [0.05, 0.1) is 10.4 Å². The van der Waals surface area contributed by atoms with Gasteiger partial charge in [-0.3, -0.25) is 4.55 Å². The van der Waals surface area contributed by atoms with Crippen molar-refractivity contribution in [2.45, 2.75) is 0 Å². The molecule has 0 aliphatic carbocycles. The summed E-state index contributed by atoms with van der Waals surface area (Å²) in [4.78, 5) is 0. The van der Waals surface area contributed by atoms with Crippen molar-refractivity contribution in [1.29, 1.82) is 0 Å². The van der Waals surface area contributed by atoms with Crippen LogP contribution in [0.3, 0.4) is 0 Å². The second kappa shape index (κ2) is 2.52. The Morgan fingerprint density at radius 2 is 2.20 bits per heavy atom. The predicted octanol–water partition coefficient (Wildman–Crippen LogP) is -2.01. The Labute approximate surface area is 35.7 Å². The number of hydrogen-bond acceptors (Lipinski definition) is 1. The first-order chi connectivity index (χ1) is 2.27. The Morgan fingerprint density at radius 1 is 2.00 bits per heavy atom. The molecular formula is H5NO2SSi. The monoisotopic (exact) mass is 111 g/mol. The van der Waals surface area contributed by atoms with E-state index in [9.17, 15) is 4.21 Å². The van der Waals surface area contributed by atoms with E-state index in [0.29, 0.717) is 10.4 Å². The Hall–Kier alpha value is 0.287. The molecule has 0 bridgehead atoms. The van der Waals surface area contributed by atoms with E-state index in [2.05, 4.69) is 4.39 Å². The van der Waals surface area contributed by atoms with E-state index in [-0.39, 0.29) is 0 Å². The Bertz CT molecular complexity index is 44.9. The van der Waals surface area contributed by atoms with E-state index in [0.717, 1.165) is 0 Å². The largest absolute Gasteiger partial charge is 0.294 e. The lowest BCUT2D eigenvalue weighted by Gasteiger charge is -1.78. The van der Waals surface area contributed by atoms with Crippen LogP contribution in [0.2, 0.25) is 0 Å². The minimum absolute atomic E-state index is 0.573. The zero-order chi connectivity index (χ0) is 4.28. The van der Waals surface area contributed by atoms with Gasteiger partial charge in [-0.15, -0.1) is 0 Å². The molecule has 2 N–H and O–H groups in total. The van der Waals surface area contributed by atoms with Gasteiger partial charge in [0.15, 0.2) is 0 Å². The zero-order valence-electron chi connectivity index (χ0n) is 2.76. The van der Waals surface area contributed by atoms with E-state index in [4.69, 9.17) is 4.55 Å².